The number of aromatic nitrogens is 3. The predicted octanol–water partition coefficient (Wildman–Crippen LogP) is 3.13. The van der Waals surface area contributed by atoms with Crippen LogP contribution in [0.1, 0.15) is 5.56 Å². The fraction of sp³-hybridized carbons (Fsp3) is 0.176. The maximum absolute atomic E-state index is 12.6. The lowest BCUT2D eigenvalue weighted by Crippen LogP contribution is -2.23. The summed E-state index contributed by atoms with van der Waals surface area (Å²) in [6, 6.07) is 8.95. The molecule has 0 atom stereocenters. The molecule has 0 saturated carbocycles. The summed E-state index contributed by atoms with van der Waals surface area (Å²) >= 11 is 6.54. The Bertz CT molecular complexity index is 1090. The molecule has 3 aromatic rings. The summed E-state index contributed by atoms with van der Waals surface area (Å²) in [6.07, 6.45) is 3.22. The van der Waals surface area contributed by atoms with E-state index in [-0.39, 0.29) is 5.56 Å². The van der Waals surface area contributed by atoms with Gasteiger partial charge in [0.25, 0.3) is 5.56 Å². The molecule has 126 valence electrons. The van der Waals surface area contributed by atoms with E-state index in [0.717, 1.165) is 0 Å². The molecule has 0 aliphatic rings. The maximum Gasteiger partial charge on any atom is 0.273 e. The highest BCUT2D eigenvalue weighted by molar-refractivity contribution is 7.73. The Labute approximate surface area is 152 Å². The Morgan fingerprint density at radius 3 is 3.08 bits per heavy atom. The second-order valence-corrected chi connectivity index (χ2v) is 6.80. The summed E-state index contributed by atoms with van der Waals surface area (Å²) in [5, 5.41) is 8.89. The van der Waals surface area contributed by atoms with Gasteiger partial charge in [0, 0.05) is 6.54 Å². The van der Waals surface area contributed by atoms with Crippen LogP contribution in [0.3, 0.4) is 0 Å². The van der Waals surface area contributed by atoms with Crippen molar-refractivity contribution in [3.8, 4) is 11.8 Å². The van der Waals surface area contributed by atoms with E-state index in [1.165, 1.54) is 22.2 Å². The molecule has 25 heavy (non-hydrogen) atoms. The first-order valence-corrected chi connectivity index (χ1v) is 8.69. The summed E-state index contributed by atoms with van der Waals surface area (Å²) < 4.78 is 10.0. The van der Waals surface area contributed by atoms with E-state index in [4.69, 9.17) is 22.2 Å². The molecular formula is C17H14N4O2S2. The number of benzene rings is 1. The molecule has 6 nitrogen and oxygen atoms in total. The maximum atomic E-state index is 12.6. The normalized spacial score (nSPS) is 10.5. The van der Waals surface area contributed by atoms with E-state index in [1.54, 1.807) is 34.9 Å². The number of ether oxygens (including phenoxy) is 1. The summed E-state index contributed by atoms with van der Waals surface area (Å²) in [4.78, 5) is 16.9. The fourth-order valence-corrected chi connectivity index (χ4v) is 3.65. The lowest BCUT2D eigenvalue weighted by atomic mass is 10.2. The van der Waals surface area contributed by atoms with Crippen molar-refractivity contribution in [1.29, 1.82) is 5.26 Å². The second kappa shape index (κ2) is 7.42. The van der Waals surface area contributed by atoms with Gasteiger partial charge in [0.2, 0.25) is 0 Å². The van der Waals surface area contributed by atoms with Gasteiger partial charge in [-0.3, -0.25) is 9.36 Å². The molecule has 0 radical (unpaired) electrons. The minimum atomic E-state index is -0.140. The zero-order chi connectivity index (χ0) is 17.8. The third kappa shape index (κ3) is 3.52. The lowest BCUT2D eigenvalue weighted by molar-refractivity contribution is 0.296. The molecule has 0 bridgehead atoms. The number of hydrogen-bond acceptors (Lipinski definition) is 6. The third-order valence-corrected chi connectivity index (χ3v) is 4.95. The van der Waals surface area contributed by atoms with E-state index in [0.29, 0.717) is 45.3 Å². The van der Waals surface area contributed by atoms with Crippen LogP contribution in [0.4, 0.5) is 0 Å². The number of fused-ring (bicyclic) bond motifs is 1. The van der Waals surface area contributed by atoms with Crippen molar-refractivity contribution in [1.82, 2.24) is 14.1 Å². The lowest BCUT2D eigenvalue weighted by Gasteiger charge is -2.08. The number of allylic oxidation sites excluding steroid dienone is 1. The third-order valence-electron chi connectivity index (χ3n) is 3.52. The van der Waals surface area contributed by atoms with Gasteiger partial charge in [0.05, 0.1) is 18.2 Å². The van der Waals surface area contributed by atoms with Crippen LogP contribution in [0.2, 0.25) is 0 Å². The number of thiazole rings is 1. The molecule has 0 aliphatic carbocycles. The van der Waals surface area contributed by atoms with Crippen LogP contribution in [0, 0.1) is 15.3 Å². The first kappa shape index (κ1) is 17.1. The van der Waals surface area contributed by atoms with Crippen LogP contribution in [0.25, 0.3) is 10.3 Å². The van der Waals surface area contributed by atoms with Gasteiger partial charge in [0.15, 0.2) is 9.60 Å². The fourth-order valence-electron chi connectivity index (χ4n) is 2.34. The molecule has 0 unspecified atom stereocenters. The Balaban J connectivity index is 1.79. The summed E-state index contributed by atoms with van der Waals surface area (Å²) in [7, 11) is 0. The van der Waals surface area contributed by atoms with Crippen molar-refractivity contribution in [3.63, 3.8) is 0 Å². The van der Waals surface area contributed by atoms with Crippen LogP contribution >= 0.6 is 23.6 Å². The minimum absolute atomic E-state index is 0.140. The van der Waals surface area contributed by atoms with Gasteiger partial charge in [-0.15, -0.1) is 6.58 Å². The Kier molecular flexibility index (Phi) is 5.07. The number of rotatable bonds is 6. The molecule has 1 aromatic carbocycles. The predicted molar refractivity (Wildman–Crippen MR) is 99.6 cm³/mol. The Morgan fingerprint density at radius 1 is 1.48 bits per heavy atom. The van der Waals surface area contributed by atoms with Crippen molar-refractivity contribution >= 4 is 33.9 Å². The monoisotopic (exact) mass is 370 g/mol. The summed E-state index contributed by atoms with van der Waals surface area (Å²) in [6.45, 7) is 4.86. The van der Waals surface area contributed by atoms with Crippen molar-refractivity contribution in [2.24, 2.45) is 0 Å². The van der Waals surface area contributed by atoms with E-state index < -0.39 is 0 Å². The standard InChI is InChI=1S/C17H14N4O2S2/c1-2-6-21-15-14(25-17(21)24)16(22)20(11-19-15)7-8-23-13-5-3-4-12(9-13)10-18/h2-5,9,11H,1,6-8H2. The van der Waals surface area contributed by atoms with Gasteiger partial charge in [0.1, 0.15) is 23.4 Å². The van der Waals surface area contributed by atoms with E-state index in [9.17, 15) is 4.79 Å². The SMILES string of the molecule is C=CCn1c(=S)sc2c(=O)n(CCOc3cccc(C#N)c3)cnc21. The topological polar surface area (TPSA) is 72.8 Å². The van der Waals surface area contributed by atoms with Crippen molar-refractivity contribution in [3.05, 3.63) is 63.1 Å². The van der Waals surface area contributed by atoms with E-state index in [1.807, 2.05) is 0 Å². The van der Waals surface area contributed by atoms with Crippen LogP contribution in [0.5, 0.6) is 5.75 Å². The van der Waals surface area contributed by atoms with E-state index >= 15 is 0 Å². The van der Waals surface area contributed by atoms with Crippen LogP contribution in [0.15, 0.2) is 48.0 Å². The smallest absolute Gasteiger partial charge is 0.273 e. The number of hydrogen-bond donors (Lipinski definition) is 0. The Hall–Kier alpha value is -2.76. The molecule has 3 rings (SSSR count). The highest BCUT2D eigenvalue weighted by Crippen LogP contribution is 2.18. The number of nitriles is 1. The summed E-state index contributed by atoms with van der Waals surface area (Å²) in [5.41, 5.74) is 0.971. The van der Waals surface area contributed by atoms with Crippen LogP contribution in [-0.4, -0.2) is 20.7 Å². The zero-order valence-corrected chi connectivity index (χ0v) is 14.8. The largest absolute Gasteiger partial charge is 0.492 e. The molecule has 0 amide bonds. The number of nitrogens with zero attached hydrogens (tertiary/aromatic N) is 4. The van der Waals surface area contributed by atoms with Crippen molar-refractivity contribution < 1.29 is 4.74 Å². The molecule has 2 aromatic heterocycles. The van der Waals surface area contributed by atoms with Crippen molar-refractivity contribution in [2.45, 2.75) is 13.1 Å². The zero-order valence-electron chi connectivity index (χ0n) is 13.2. The van der Waals surface area contributed by atoms with E-state index in [2.05, 4.69) is 17.6 Å². The summed E-state index contributed by atoms with van der Waals surface area (Å²) in [5.74, 6) is 0.592. The van der Waals surface area contributed by atoms with Gasteiger partial charge in [-0.2, -0.15) is 5.26 Å². The van der Waals surface area contributed by atoms with Crippen LogP contribution < -0.4 is 10.3 Å². The van der Waals surface area contributed by atoms with Gasteiger partial charge >= 0.3 is 0 Å². The first-order chi connectivity index (χ1) is 12.1. The molecule has 0 aliphatic heterocycles. The first-order valence-electron chi connectivity index (χ1n) is 7.46. The Morgan fingerprint density at radius 2 is 2.32 bits per heavy atom. The highest BCUT2D eigenvalue weighted by Gasteiger charge is 2.11. The molecule has 8 heteroatoms. The molecule has 0 spiro atoms. The second-order valence-electron chi connectivity index (χ2n) is 5.15. The van der Waals surface area contributed by atoms with Gasteiger partial charge in [-0.05, 0) is 30.4 Å². The van der Waals surface area contributed by atoms with Gasteiger partial charge in [-0.1, -0.05) is 23.5 Å². The molecule has 0 saturated heterocycles. The minimum Gasteiger partial charge on any atom is -0.492 e. The van der Waals surface area contributed by atoms with Crippen molar-refractivity contribution in [2.75, 3.05) is 6.61 Å². The van der Waals surface area contributed by atoms with Gasteiger partial charge < -0.3 is 9.30 Å². The molecule has 0 N–H and O–H groups in total. The van der Waals surface area contributed by atoms with Crippen LogP contribution in [-0.2, 0) is 13.1 Å². The average molecular weight is 370 g/mol. The van der Waals surface area contributed by atoms with Gasteiger partial charge in [-0.25, -0.2) is 4.98 Å². The molecule has 0 fully saturated rings. The highest BCUT2D eigenvalue weighted by atomic mass is 32.1. The molecule has 2 heterocycles. The quantitative estimate of drug-likeness (QED) is 0.492. The molecular weight excluding hydrogens is 356 g/mol. The average Bonchev–Trinajstić information content (AvgIpc) is 2.94.